The van der Waals surface area contributed by atoms with E-state index < -0.39 is 0 Å². The molecule has 0 aliphatic rings. The molecule has 0 radical (unpaired) electrons. The first-order valence-corrected chi connectivity index (χ1v) is 22.6. The van der Waals surface area contributed by atoms with Crippen LogP contribution in [0.1, 0.15) is 127 Å². The lowest BCUT2D eigenvalue weighted by atomic mass is 9.81. The van der Waals surface area contributed by atoms with E-state index in [1.165, 1.54) is 55.8 Å². The minimum Gasteiger partial charge on any atom is -0.456 e. The van der Waals surface area contributed by atoms with Crippen LogP contribution < -0.4 is 0 Å². The molecule has 0 atom stereocenters. The van der Waals surface area contributed by atoms with Gasteiger partial charge in [-0.3, -0.25) is 4.57 Å². The number of imidazole rings is 1. The van der Waals surface area contributed by atoms with Crippen molar-refractivity contribution in [3.8, 4) is 39.3 Å². The summed E-state index contributed by atoms with van der Waals surface area (Å²) < 4.78 is 15.6. The van der Waals surface area contributed by atoms with Gasteiger partial charge in [0, 0.05) is 21.5 Å². The second-order valence-corrected chi connectivity index (χ2v) is 18.9. The summed E-state index contributed by atoms with van der Waals surface area (Å²) in [4.78, 5) is 5.42. The fourth-order valence-corrected chi connectivity index (χ4v) is 9.73. The highest BCUT2D eigenvalue weighted by molar-refractivity contribution is 6.16. The van der Waals surface area contributed by atoms with E-state index in [9.17, 15) is 0 Å². The van der Waals surface area contributed by atoms with Crippen molar-refractivity contribution in [2.45, 2.75) is 98.8 Å². The van der Waals surface area contributed by atoms with Crippen molar-refractivity contribution in [1.82, 2.24) is 9.55 Å². The summed E-state index contributed by atoms with van der Waals surface area (Å²) in [6, 6.07) is 46.6. The van der Waals surface area contributed by atoms with Crippen LogP contribution >= 0.6 is 0 Å². The van der Waals surface area contributed by atoms with Crippen molar-refractivity contribution in [3.63, 3.8) is 0 Å². The van der Waals surface area contributed by atoms with Gasteiger partial charge in [0.05, 0.1) is 22.3 Å². The molecule has 310 valence electrons. The molecule has 0 saturated carbocycles. The molecule has 62 heavy (non-hydrogen) atoms. The molecule has 0 N–H and O–H groups in total. The number of para-hydroxylation sites is 4. The molecule has 0 fully saturated rings. The first kappa shape index (κ1) is 39.7. The smallest absolute Gasteiger partial charge is 0.149 e. The van der Waals surface area contributed by atoms with E-state index in [0.717, 1.165) is 66.3 Å². The first-order valence-electron chi connectivity index (χ1n) is 22.6. The van der Waals surface area contributed by atoms with E-state index in [-0.39, 0.29) is 11.8 Å². The van der Waals surface area contributed by atoms with Gasteiger partial charge in [0.15, 0.2) is 0 Å². The normalized spacial score (nSPS) is 12.4. The second kappa shape index (κ2) is 15.2. The van der Waals surface area contributed by atoms with Crippen LogP contribution in [0.4, 0.5) is 0 Å². The zero-order chi connectivity index (χ0) is 43.1. The van der Waals surface area contributed by atoms with Crippen molar-refractivity contribution >= 4 is 54.9 Å². The van der Waals surface area contributed by atoms with Gasteiger partial charge >= 0.3 is 0 Å². The van der Waals surface area contributed by atoms with E-state index in [0.29, 0.717) is 17.8 Å². The van der Waals surface area contributed by atoms with Gasteiger partial charge < -0.3 is 8.83 Å². The quantitative estimate of drug-likeness (QED) is 0.146. The largest absolute Gasteiger partial charge is 0.456 e. The summed E-state index contributed by atoms with van der Waals surface area (Å²) in [5, 5.41) is 4.22. The Morgan fingerprint density at radius 3 is 1.65 bits per heavy atom. The highest BCUT2D eigenvalue weighted by Crippen LogP contribution is 2.45. The van der Waals surface area contributed by atoms with Gasteiger partial charge in [-0.15, -0.1) is 0 Å². The van der Waals surface area contributed by atoms with Gasteiger partial charge in [-0.25, -0.2) is 4.98 Å². The molecule has 0 saturated heterocycles. The Morgan fingerprint density at radius 1 is 0.435 bits per heavy atom. The van der Waals surface area contributed by atoms with Gasteiger partial charge in [-0.2, -0.15) is 0 Å². The van der Waals surface area contributed by atoms with Crippen LogP contribution in [0.3, 0.4) is 0 Å². The molecular weight excluding hydrogens is 757 g/mol. The summed E-state index contributed by atoms with van der Waals surface area (Å²) >= 11 is 0. The Labute approximate surface area is 365 Å². The average molecular weight is 813 g/mol. The van der Waals surface area contributed by atoms with Crippen molar-refractivity contribution in [1.29, 1.82) is 0 Å². The third-order valence-corrected chi connectivity index (χ3v) is 13.1. The van der Waals surface area contributed by atoms with Crippen LogP contribution in [0.15, 0.2) is 136 Å². The summed E-state index contributed by atoms with van der Waals surface area (Å²) in [5.41, 5.74) is 19.6. The van der Waals surface area contributed by atoms with Crippen molar-refractivity contribution in [2.75, 3.05) is 0 Å². The standard InChI is InChI=1S/C58H56N2O2/c1-32(2)39-26-44(33(3)4)55(45(27-39)34(5)6)38-24-22-37(23-25-38)40-28-46(35(7)8)56(47(29-40)36(9)10)60-51-20-13-12-19-50(51)59-58(60)43-18-15-17-42-49-31-53-48(30-54(49)62-57(42)43)41-16-11-14-21-52(41)61-53/h11-36H,1-10H3. The SMILES string of the molecule is CC(C)c1cc(C(C)C)c(-c2ccc(-c3cc(C(C)C)c(-n4c(-c5cccc6c5oc5cc7c(cc56)oc5ccccc57)nc5ccccc54)c(C(C)C)c3)cc2)c(C(C)C)c1. The molecule has 0 unspecified atom stereocenters. The molecule has 4 heteroatoms. The van der Waals surface area contributed by atoms with Crippen LogP contribution in [0.5, 0.6) is 0 Å². The third kappa shape index (κ3) is 6.46. The number of furan rings is 2. The third-order valence-electron chi connectivity index (χ3n) is 13.1. The number of hydrogen-bond donors (Lipinski definition) is 0. The van der Waals surface area contributed by atoms with Gasteiger partial charge in [0.25, 0.3) is 0 Å². The minimum atomic E-state index is 0.240. The number of rotatable bonds is 9. The number of fused-ring (bicyclic) bond motifs is 7. The lowest BCUT2D eigenvalue weighted by molar-refractivity contribution is 0.664. The zero-order valence-corrected chi connectivity index (χ0v) is 37.7. The summed E-state index contributed by atoms with van der Waals surface area (Å²) in [6.07, 6.45) is 0. The van der Waals surface area contributed by atoms with Crippen LogP contribution in [-0.4, -0.2) is 9.55 Å². The molecule has 0 aliphatic heterocycles. The van der Waals surface area contributed by atoms with E-state index in [4.69, 9.17) is 13.8 Å². The van der Waals surface area contributed by atoms with Gasteiger partial charge in [-0.1, -0.05) is 148 Å². The average Bonchev–Trinajstić information content (AvgIpc) is 3.95. The molecule has 10 aromatic rings. The molecule has 4 nitrogen and oxygen atoms in total. The number of benzene rings is 7. The van der Waals surface area contributed by atoms with Crippen LogP contribution in [0.2, 0.25) is 0 Å². The van der Waals surface area contributed by atoms with Crippen LogP contribution in [0, 0.1) is 0 Å². The Morgan fingerprint density at radius 2 is 1.00 bits per heavy atom. The maximum absolute atomic E-state index is 6.89. The molecule has 3 aromatic heterocycles. The van der Waals surface area contributed by atoms with Crippen molar-refractivity contribution < 1.29 is 8.83 Å². The molecule has 10 rings (SSSR count). The Hall–Kier alpha value is -6.39. The van der Waals surface area contributed by atoms with Crippen molar-refractivity contribution in [3.05, 3.63) is 155 Å². The predicted molar refractivity (Wildman–Crippen MR) is 262 cm³/mol. The van der Waals surface area contributed by atoms with E-state index >= 15 is 0 Å². The Kier molecular flexibility index (Phi) is 9.74. The monoisotopic (exact) mass is 812 g/mol. The Balaban J connectivity index is 1.15. The van der Waals surface area contributed by atoms with Gasteiger partial charge in [-0.05, 0) is 128 Å². The zero-order valence-electron chi connectivity index (χ0n) is 37.7. The van der Waals surface area contributed by atoms with Crippen LogP contribution in [-0.2, 0) is 0 Å². The topological polar surface area (TPSA) is 44.1 Å². The lowest BCUT2D eigenvalue weighted by Gasteiger charge is -2.25. The maximum Gasteiger partial charge on any atom is 0.149 e. The molecule has 7 aromatic carbocycles. The van der Waals surface area contributed by atoms with Gasteiger partial charge in [0.2, 0.25) is 0 Å². The highest BCUT2D eigenvalue weighted by Gasteiger charge is 2.26. The van der Waals surface area contributed by atoms with Crippen molar-refractivity contribution in [2.24, 2.45) is 0 Å². The van der Waals surface area contributed by atoms with E-state index in [2.05, 4.69) is 189 Å². The van der Waals surface area contributed by atoms with E-state index in [1.807, 2.05) is 12.1 Å². The second-order valence-electron chi connectivity index (χ2n) is 18.9. The van der Waals surface area contributed by atoms with E-state index in [1.54, 1.807) is 0 Å². The molecule has 0 amide bonds. The molecule has 0 aliphatic carbocycles. The summed E-state index contributed by atoms with van der Waals surface area (Å²) in [6.45, 7) is 23.2. The summed E-state index contributed by atoms with van der Waals surface area (Å²) in [7, 11) is 0. The molecule has 0 bridgehead atoms. The maximum atomic E-state index is 6.89. The molecule has 3 heterocycles. The minimum absolute atomic E-state index is 0.240. The number of hydrogen-bond acceptors (Lipinski definition) is 3. The predicted octanol–water partition coefficient (Wildman–Crippen LogP) is 17.4. The Bertz CT molecular complexity index is 3270. The van der Waals surface area contributed by atoms with Gasteiger partial charge in [0.1, 0.15) is 28.2 Å². The summed E-state index contributed by atoms with van der Waals surface area (Å²) in [5.74, 6) is 2.69. The van der Waals surface area contributed by atoms with Crippen LogP contribution in [0.25, 0.3) is 94.2 Å². The lowest BCUT2D eigenvalue weighted by Crippen LogP contribution is -2.09. The highest BCUT2D eigenvalue weighted by atomic mass is 16.3. The number of nitrogens with zero attached hydrogens (tertiary/aromatic N) is 2. The number of aromatic nitrogens is 2. The fourth-order valence-electron chi connectivity index (χ4n) is 9.73. The molecule has 0 spiro atoms. The first-order chi connectivity index (χ1) is 29.9. The molecular formula is C58H56N2O2. The fraction of sp³-hybridized carbons (Fsp3) is 0.259.